The van der Waals surface area contributed by atoms with Crippen LogP contribution in [0, 0.1) is 0 Å². The Kier molecular flexibility index (Phi) is 3.10. The number of furan rings is 1. The lowest BCUT2D eigenvalue weighted by molar-refractivity contribution is 0.496. The topological polar surface area (TPSA) is 43.0 Å². The van der Waals surface area contributed by atoms with E-state index in [9.17, 15) is 0 Å². The highest BCUT2D eigenvalue weighted by Crippen LogP contribution is 2.27. The summed E-state index contributed by atoms with van der Waals surface area (Å²) in [6, 6.07) is 2.00. The summed E-state index contributed by atoms with van der Waals surface area (Å²) >= 11 is 0. The maximum Gasteiger partial charge on any atom is 0.125 e. The van der Waals surface area contributed by atoms with Gasteiger partial charge in [0.1, 0.15) is 5.76 Å². The average molecular weight is 219 g/mol. The summed E-state index contributed by atoms with van der Waals surface area (Å²) in [7, 11) is 3.86. The quantitative estimate of drug-likeness (QED) is 0.854. The first-order valence-electron chi connectivity index (χ1n) is 5.50. The molecule has 4 nitrogen and oxygen atoms in total. The number of aryl methyl sites for hydroxylation is 2. The summed E-state index contributed by atoms with van der Waals surface area (Å²) < 4.78 is 7.32. The molecule has 0 aliphatic heterocycles. The molecule has 0 saturated carbocycles. The zero-order valence-corrected chi connectivity index (χ0v) is 9.95. The van der Waals surface area contributed by atoms with Gasteiger partial charge in [0.15, 0.2) is 0 Å². The number of hydrogen-bond acceptors (Lipinski definition) is 3. The van der Waals surface area contributed by atoms with Gasteiger partial charge in [-0.3, -0.25) is 4.68 Å². The minimum Gasteiger partial charge on any atom is -0.467 e. The molecule has 0 aliphatic rings. The van der Waals surface area contributed by atoms with Crippen molar-refractivity contribution in [2.75, 3.05) is 7.05 Å². The van der Waals surface area contributed by atoms with Crippen molar-refractivity contribution in [2.45, 2.75) is 19.9 Å². The number of nitrogens with one attached hydrogen (secondary N) is 1. The molecule has 16 heavy (non-hydrogen) atoms. The second kappa shape index (κ2) is 4.53. The van der Waals surface area contributed by atoms with Crippen LogP contribution in [0.25, 0.3) is 11.1 Å². The van der Waals surface area contributed by atoms with Gasteiger partial charge in [-0.25, -0.2) is 0 Å². The highest BCUT2D eigenvalue weighted by Gasteiger charge is 2.14. The molecular weight excluding hydrogens is 202 g/mol. The van der Waals surface area contributed by atoms with Gasteiger partial charge in [0.25, 0.3) is 0 Å². The largest absolute Gasteiger partial charge is 0.467 e. The molecule has 0 saturated heterocycles. The minimum absolute atomic E-state index is 0.736. The SMILES string of the molecule is CCc1nn(C)cc1-c1ccoc1CNC. The molecule has 0 fully saturated rings. The Morgan fingerprint density at radius 2 is 2.25 bits per heavy atom. The van der Waals surface area contributed by atoms with E-state index in [1.165, 1.54) is 5.56 Å². The standard InChI is InChI=1S/C12H17N3O/c1-4-11-10(8-15(3)14-11)9-5-6-16-12(9)7-13-2/h5-6,8,13H,4,7H2,1-3H3. The Labute approximate surface area is 95.3 Å². The maximum absolute atomic E-state index is 5.47. The van der Waals surface area contributed by atoms with Crippen molar-refractivity contribution in [1.29, 1.82) is 0 Å². The summed E-state index contributed by atoms with van der Waals surface area (Å²) in [5.41, 5.74) is 3.42. The van der Waals surface area contributed by atoms with Crippen molar-refractivity contribution in [1.82, 2.24) is 15.1 Å². The zero-order valence-electron chi connectivity index (χ0n) is 9.95. The fourth-order valence-corrected chi connectivity index (χ4v) is 1.90. The van der Waals surface area contributed by atoms with Crippen LogP contribution in [-0.4, -0.2) is 16.8 Å². The van der Waals surface area contributed by atoms with Gasteiger partial charge < -0.3 is 9.73 Å². The van der Waals surface area contributed by atoms with Crippen molar-refractivity contribution in [2.24, 2.45) is 7.05 Å². The van der Waals surface area contributed by atoms with E-state index in [0.29, 0.717) is 0 Å². The summed E-state index contributed by atoms with van der Waals surface area (Å²) in [6.45, 7) is 2.85. The average Bonchev–Trinajstić information content (AvgIpc) is 2.84. The van der Waals surface area contributed by atoms with Crippen LogP contribution in [-0.2, 0) is 20.0 Å². The molecule has 4 heteroatoms. The fraction of sp³-hybridized carbons (Fsp3) is 0.417. The highest BCUT2D eigenvalue weighted by atomic mass is 16.3. The van der Waals surface area contributed by atoms with Crippen LogP contribution in [0.15, 0.2) is 22.9 Å². The molecule has 1 N–H and O–H groups in total. The lowest BCUT2D eigenvalue weighted by Crippen LogP contribution is -2.04. The van der Waals surface area contributed by atoms with Crippen molar-refractivity contribution in [3.05, 3.63) is 30.0 Å². The van der Waals surface area contributed by atoms with E-state index in [4.69, 9.17) is 4.42 Å². The molecular formula is C12H17N3O. The normalized spacial score (nSPS) is 10.9. The van der Waals surface area contributed by atoms with Crippen LogP contribution in [0.1, 0.15) is 18.4 Å². The molecule has 2 aromatic heterocycles. The molecule has 0 bridgehead atoms. The van der Waals surface area contributed by atoms with Gasteiger partial charge in [0, 0.05) is 24.4 Å². The van der Waals surface area contributed by atoms with E-state index in [-0.39, 0.29) is 0 Å². The van der Waals surface area contributed by atoms with Gasteiger partial charge in [-0.1, -0.05) is 6.92 Å². The Bertz CT molecular complexity index is 470. The Balaban J connectivity index is 2.45. The molecule has 0 spiro atoms. The molecule has 0 aliphatic carbocycles. The first kappa shape index (κ1) is 11.0. The summed E-state index contributed by atoms with van der Waals surface area (Å²) in [4.78, 5) is 0. The first-order valence-corrected chi connectivity index (χ1v) is 5.50. The molecule has 0 radical (unpaired) electrons. The lowest BCUT2D eigenvalue weighted by atomic mass is 10.1. The highest BCUT2D eigenvalue weighted by molar-refractivity contribution is 5.67. The van der Waals surface area contributed by atoms with Crippen LogP contribution >= 0.6 is 0 Å². The second-order valence-electron chi connectivity index (χ2n) is 3.80. The van der Waals surface area contributed by atoms with Crippen molar-refractivity contribution < 1.29 is 4.42 Å². The third kappa shape index (κ3) is 1.88. The molecule has 86 valence electrons. The van der Waals surface area contributed by atoms with E-state index in [1.54, 1.807) is 6.26 Å². The van der Waals surface area contributed by atoms with Gasteiger partial charge >= 0.3 is 0 Å². The van der Waals surface area contributed by atoms with Gasteiger partial charge in [-0.2, -0.15) is 5.10 Å². The Morgan fingerprint density at radius 3 is 2.94 bits per heavy atom. The van der Waals surface area contributed by atoms with Crippen molar-refractivity contribution in [3.8, 4) is 11.1 Å². The van der Waals surface area contributed by atoms with Crippen molar-refractivity contribution >= 4 is 0 Å². The monoisotopic (exact) mass is 219 g/mol. The van der Waals surface area contributed by atoms with Crippen molar-refractivity contribution in [3.63, 3.8) is 0 Å². The number of nitrogens with zero attached hydrogens (tertiary/aromatic N) is 2. The Hall–Kier alpha value is -1.55. The van der Waals surface area contributed by atoms with Gasteiger partial charge in [0.05, 0.1) is 18.5 Å². The van der Waals surface area contributed by atoms with E-state index < -0.39 is 0 Å². The smallest absolute Gasteiger partial charge is 0.125 e. The molecule has 0 aromatic carbocycles. The fourth-order valence-electron chi connectivity index (χ4n) is 1.90. The molecule has 2 rings (SSSR count). The van der Waals surface area contributed by atoms with Gasteiger partial charge in [-0.05, 0) is 19.5 Å². The van der Waals surface area contributed by atoms with E-state index >= 15 is 0 Å². The summed E-state index contributed by atoms with van der Waals surface area (Å²) in [5, 5.41) is 7.54. The van der Waals surface area contributed by atoms with E-state index in [1.807, 2.05) is 31.0 Å². The predicted octanol–water partition coefficient (Wildman–Crippen LogP) is 1.96. The second-order valence-corrected chi connectivity index (χ2v) is 3.80. The zero-order chi connectivity index (χ0) is 11.5. The van der Waals surface area contributed by atoms with Crippen LogP contribution in [0.2, 0.25) is 0 Å². The summed E-state index contributed by atoms with van der Waals surface area (Å²) in [6.07, 6.45) is 4.71. The molecule has 0 amide bonds. The van der Waals surface area contributed by atoms with Gasteiger partial charge in [-0.15, -0.1) is 0 Å². The third-order valence-corrected chi connectivity index (χ3v) is 2.61. The number of rotatable bonds is 4. The minimum atomic E-state index is 0.736. The van der Waals surface area contributed by atoms with Crippen LogP contribution in [0.3, 0.4) is 0 Å². The lowest BCUT2D eigenvalue weighted by Gasteiger charge is -2.01. The van der Waals surface area contributed by atoms with Crippen LogP contribution in [0.5, 0.6) is 0 Å². The molecule has 0 unspecified atom stereocenters. The number of hydrogen-bond donors (Lipinski definition) is 1. The maximum atomic E-state index is 5.47. The molecule has 0 atom stereocenters. The predicted molar refractivity (Wildman–Crippen MR) is 63.1 cm³/mol. The van der Waals surface area contributed by atoms with Crippen LogP contribution in [0.4, 0.5) is 0 Å². The molecule has 2 aromatic rings. The Morgan fingerprint density at radius 1 is 1.44 bits per heavy atom. The third-order valence-electron chi connectivity index (χ3n) is 2.61. The van der Waals surface area contributed by atoms with E-state index in [2.05, 4.69) is 17.3 Å². The van der Waals surface area contributed by atoms with Crippen LogP contribution < -0.4 is 5.32 Å². The van der Waals surface area contributed by atoms with E-state index in [0.717, 1.165) is 30.0 Å². The summed E-state index contributed by atoms with van der Waals surface area (Å²) in [5.74, 6) is 0.963. The number of aromatic nitrogens is 2. The first-order chi connectivity index (χ1) is 7.76. The van der Waals surface area contributed by atoms with Gasteiger partial charge in [0.2, 0.25) is 0 Å². The molecule has 2 heterocycles.